The molecule has 2 N–H and O–H groups in total. The lowest BCUT2D eigenvalue weighted by Crippen LogP contribution is -2.45. The van der Waals surface area contributed by atoms with Gasteiger partial charge in [0, 0.05) is 30.1 Å². The first-order valence-electron chi connectivity index (χ1n) is 6.65. The van der Waals surface area contributed by atoms with Crippen LogP contribution in [0.1, 0.15) is 37.8 Å². The van der Waals surface area contributed by atoms with Gasteiger partial charge in [-0.25, -0.2) is 0 Å². The fourth-order valence-electron chi connectivity index (χ4n) is 2.97. The van der Waals surface area contributed by atoms with Gasteiger partial charge in [-0.2, -0.15) is 0 Å². The van der Waals surface area contributed by atoms with Crippen molar-refractivity contribution in [1.82, 2.24) is 4.90 Å². The maximum Gasteiger partial charge on any atom is 0.226 e. The Hall–Kier alpha value is -1.51. The highest BCUT2D eigenvalue weighted by atomic mass is 16.2. The number of nitrogens with two attached hydrogens (primary N) is 1. The number of anilines is 1. The van der Waals surface area contributed by atoms with Gasteiger partial charge in [0.15, 0.2) is 0 Å². The zero-order valence-corrected chi connectivity index (χ0v) is 11.1. The van der Waals surface area contributed by atoms with Crippen LogP contribution >= 0.6 is 0 Å². The molecule has 1 aromatic carbocycles. The van der Waals surface area contributed by atoms with E-state index in [-0.39, 0.29) is 5.41 Å². The molecule has 0 radical (unpaired) electrons. The molecule has 1 fully saturated rings. The third kappa shape index (κ3) is 1.88. The van der Waals surface area contributed by atoms with E-state index in [4.69, 9.17) is 5.73 Å². The zero-order valence-electron chi connectivity index (χ0n) is 11.1. The molecule has 1 saturated carbocycles. The first-order valence-corrected chi connectivity index (χ1v) is 6.65. The largest absolute Gasteiger partial charge is 0.399 e. The van der Waals surface area contributed by atoms with E-state index in [9.17, 15) is 4.79 Å². The lowest BCUT2D eigenvalue weighted by molar-refractivity contribution is -0.134. The maximum atomic E-state index is 12.2. The predicted molar refractivity (Wildman–Crippen MR) is 72.0 cm³/mol. The van der Waals surface area contributed by atoms with Gasteiger partial charge in [-0.1, -0.05) is 19.9 Å². The van der Waals surface area contributed by atoms with Crippen molar-refractivity contribution in [2.24, 2.45) is 5.92 Å². The van der Waals surface area contributed by atoms with Gasteiger partial charge in [-0.15, -0.1) is 0 Å². The smallest absolute Gasteiger partial charge is 0.226 e. The SMILES string of the molecule is CC1(C)CN(C(=O)C2CC2)Cc2cc(N)ccc21. The Balaban J connectivity index is 1.95. The average molecular weight is 244 g/mol. The first kappa shape index (κ1) is 11.6. The van der Waals surface area contributed by atoms with Crippen molar-refractivity contribution >= 4 is 11.6 Å². The maximum absolute atomic E-state index is 12.2. The average Bonchev–Trinajstić information content (AvgIpc) is 3.09. The van der Waals surface area contributed by atoms with Crippen molar-refractivity contribution in [1.29, 1.82) is 0 Å². The number of benzene rings is 1. The fraction of sp³-hybridized carbons (Fsp3) is 0.533. The quantitative estimate of drug-likeness (QED) is 0.770. The van der Waals surface area contributed by atoms with Crippen molar-refractivity contribution in [2.45, 2.75) is 38.6 Å². The number of fused-ring (bicyclic) bond motifs is 1. The van der Waals surface area contributed by atoms with Crippen LogP contribution < -0.4 is 5.73 Å². The van der Waals surface area contributed by atoms with E-state index in [0.29, 0.717) is 11.8 Å². The molecule has 0 saturated heterocycles. The van der Waals surface area contributed by atoms with E-state index in [1.54, 1.807) is 0 Å². The van der Waals surface area contributed by atoms with Gasteiger partial charge < -0.3 is 10.6 Å². The number of hydrogen-bond donors (Lipinski definition) is 1. The van der Waals surface area contributed by atoms with Crippen molar-refractivity contribution < 1.29 is 4.79 Å². The van der Waals surface area contributed by atoms with Crippen LogP contribution in [-0.4, -0.2) is 17.4 Å². The van der Waals surface area contributed by atoms with E-state index in [0.717, 1.165) is 31.6 Å². The van der Waals surface area contributed by atoms with Crippen LogP contribution in [0.25, 0.3) is 0 Å². The number of nitrogens with zero attached hydrogens (tertiary/aromatic N) is 1. The molecule has 1 aliphatic heterocycles. The Kier molecular flexibility index (Phi) is 2.40. The Morgan fingerprint density at radius 2 is 2.11 bits per heavy atom. The molecule has 18 heavy (non-hydrogen) atoms. The molecule has 3 heteroatoms. The molecule has 1 amide bonds. The summed E-state index contributed by atoms with van der Waals surface area (Å²) in [6, 6.07) is 6.09. The van der Waals surface area contributed by atoms with Gasteiger partial charge in [0.1, 0.15) is 0 Å². The third-order valence-electron chi connectivity index (χ3n) is 4.04. The summed E-state index contributed by atoms with van der Waals surface area (Å²) >= 11 is 0. The summed E-state index contributed by atoms with van der Waals surface area (Å²) in [5, 5.41) is 0. The van der Waals surface area contributed by atoms with Crippen LogP contribution in [-0.2, 0) is 16.8 Å². The van der Waals surface area contributed by atoms with E-state index in [2.05, 4.69) is 19.9 Å². The molecule has 0 atom stereocenters. The minimum atomic E-state index is 0.0197. The van der Waals surface area contributed by atoms with Gasteiger partial charge in [-0.3, -0.25) is 4.79 Å². The summed E-state index contributed by atoms with van der Waals surface area (Å²) in [4.78, 5) is 14.3. The zero-order chi connectivity index (χ0) is 12.9. The molecule has 1 heterocycles. The van der Waals surface area contributed by atoms with Crippen molar-refractivity contribution in [3.8, 4) is 0 Å². The molecule has 0 unspecified atom stereocenters. The second kappa shape index (κ2) is 3.74. The minimum absolute atomic E-state index is 0.0197. The number of rotatable bonds is 1. The molecule has 1 aliphatic carbocycles. The highest BCUT2D eigenvalue weighted by Gasteiger charge is 2.39. The summed E-state index contributed by atoms with van der Waals surface area (Å²) in [7, 11) is 0. The van der Waals surface area contributed by atoms with Crippen molar-refractivity contribution in [2.75, 3.05) is 12.3 Å². The second-order valence-electron chi connectivity index (χ2n) is 6.27. The molecule has 96 valence electrons. The van der Waals surface area contributed by atoms with Crippen LogP contribution in [0.5, 0.6) is 0 Å². The highest BCUT2D eigenvalue weighted by molar-refractivity contribution is 5.81. The molecule has 3 rings (SSSR count). The molecule has 2 aliphatic rings. The summed E-state index contributed by atoms with van der Waals surface area (Å²) in [5.74, 6) is 0.625. The second-order valence-corrected chi connectivity index (χ2v) is 6.27. The Labute approximate surface area is 108 Å². The van der Waals surface area contributed by atoms with E-state index >= 15 is 0 Å². The number of carbonyl (C=O) groups is 1. The molecule has 3 nitrogen and oxygen atoms in total. The number of nitrogen functional groups attached to an aromatic ring is 1. The lowest BCUT2D eigenvalue weighted by atomic mass is 9.78. The van der Waals surface area contributed by atoms with Gasteiger partial charge >= 0.3 is 0 Å². The number of hydrogen-bond acceptors (Lipinski definition) is 2. The highest BCUT2D eigenvalue weighted by Crippen LogP contribution is 2.38. The predicted octanol–water partition coefficient (Wildman–Crippen LogP) is 2.30. The van der Waals surface area contributed by atoms with E-state index in [1.165, 1.54) is 11.1 Å². The Morgan fingerprint density at radius 3 is 2.78 bits per heavy atom. The summed E-state index contributed by atoms with van der Waals surface area (Å²) in [5.41, 5.74) is 9.20. The Bertz CT molecular complexity index is 503. The summed E-state index contributed by atoms with van der Waals surface area (Å²) < 4.78 is 0. The van der Waals surface area contributed by atoms with Crippen molar-refractivity contribution in [3.63, 3.8) is 0 Å². The van der Waals surface area contributed by atoms with Gasteiger partial charge in [0.2, 0.25) is 5.91 Å². The monoisotopic (exact) mass is 244 g/mol. The molecular weight excluding hydrogens is 224 g/mol. The van der Waals surface area contributed by atoms with Crippen LogP contribution in [0.4, 0.5) is 5.69 Å². The number of amides is 1. The van der Waals surface area contributed by atoms with Crippen LogP contribution in [0.15, 0.2) is 18.2 Å². The molecule has 0 spiro atoms. The third-order valence-corrected chi connectivity index (χ3v) is 4.04. The topological polar surface area (TPSA) is 46.3 Å². The van der Waals surface area contributed by atoms with Gasteiger partial charge in [-0.05, 0) is 36.1 Å². The standard InChI is InChI=1S/C15H20N2O/c1-15(2)9-17(14(18)10-3-4-10)8-11-7-12(16)5-6-13(11)15/h5-7,10H,3-4,8-9,16H2,1-2H3. The Morgan fingerprint density at radius 1 is 1.39 bits per heavy atom. The molecular formula is C15H20N2O. The number of carbonyl (C=O) groups excluding carboxylic acids is 1. The van der Waals surface area contributed by atoms with Gasteiger partial charge in [0.05, 0.1) is 0 Å². The molecule has 0 bridgehead atoms. The lowest BCUT2D eigenvalue weighted by Gasteiger charge is -2.40. The molecule has 0 aromatic heterocycles. The molecule has 1 aromatic rings. The van der Waals surface area contributed by atoms with Crippen LogP contribution in [0, 0.1) is 5.92 Å². The van der Waals surface area contributed by atoms with Crippen LogP contribution in [0.3, 0.4) is 0 Å². The summed E-state index contributed by atoms with van der Waals surface area (Å²) in [6.45, 7) is 5.95. The van der Waals surface area contributed by atoms with E-state index < -0.39 is 0 Å². The normalized spacial score (nSPS) is 21.6. The van der Waals surface area contributed by atoms with Gasteiger partial charge in [0.25, 0.3) is 0 Å². The fourth-order valence-corrected chi connectivity index (χ4v) is 2.97. The van der Waals surface area contributed by atoms with Crippen molar-refractivity contribution in [3.05, 3.63) is 29.3 Å². The first-order chi connectivity index (χ1) is 8.47. The van der Waals surface area contributed by atoms with E-state index in [1.807, 2.05) is 17.0 Å². The minimum Gasteiger partial charge on any atom is -0.399 e. The summed E-state index contributed by atoms with van der Waals surface area (Å²) in [6.07, 6.45) is 2.14. The van der Waals surface area contributed by atoms with Crippen LogP contribution in [0.2, 0.25) is 0 Å².